The number of carboxylic acid groups (broad SMARTS) is 1. The molecule has 2 unspecified atom stereocenters. The molecule has 0 bridgehead atoms. The van der Waals surface area contributed by atoms with Gasteiger partial charge in [0.05, 0.1) is 12.0 Å². The third-order valence-electron chi connectivity index (χ3n) is 3.89. The molecule has 108 valence electrons. The molecule has 1 N–H and O–H groups in total. The number of hydrogen-bond acceptors (Lipinski definition) is 2. The molecular formula is C16H21NO3. The van der Waals surface area contributed by atoms with Crippen LogP contribution in [0.1, 0.15) is 44.7 Å². The van der Waals surface area contributed by atoms with Crippen LogP contribution in [0.25, 0.3) is 0 Å². The maximum absolute atomic E-state index is 12.3. The number of benzene rings is 1. The first-order valence-electron chi connectivity index (χ1n) is 7.11. The Morgan fingerprint density at radius 3 is 2.50 bits per heavy atom. The number of rotatable bonds is 3. The van der Waals surface area contributed by atoms with Gasteiger partial charge in [0.25, 0.3) is 0 Å². The van der Waals surface area contributed by atoms with E-state index in [1.165, 1.54) is 0 Å². The minimum Gasteiger partial charge on any atom is -0.481 e. The van der Waals surface area contributed by atoms with Crippen LogP contribution in [0.2, 0.25) is 0 Å². The average Bonchev–Trinajstić information content (AvgIpc) is 2.58. The van der Waals surface area contributed by atoms with Crippen molar-refractivity contribution in [3.63, 3.8) is 0 Å². The van der Waals surface area contributed by atoms with Crippen molar-refractivity contribution in [1.29, 1.82) is 0 Å². The standard InChI is InChI=1S/C16H21NO3/c1-11(2)17-14(18)10-6-9-13(16(19)20)15(17)12-7-4-3-5-8-12/h3-5,7-8,11,13,15H,6,9-10H2,1-2H3,(H,19,20). The molecule has 0 aliphatic carbocycles. The molecule has 1 heterocycles. The summed E-state index contributed by atoms with van der Waals surface area (Å²) in [5.41, 5.74) is 0.906. The van der Waals surface area contributed by atoms with E-state index < -0.39 is 11.9 Å². The van der Waals surface area contributed by atoms with Crippen LogP contribution in [0.5, 0.6) is 0 Å². The normalized spacial score (nSPS) is 23.8. The fourth-order valence-corrected chi connectivity index (χ4v) is 3.02. The summed E-state index contributed by atoms with van der Waals surface area (Å²) in [5, 5.41) is 9.54. The van der Waals surface area contributed by atoms with Crippen molar-refractivity contribution in [3.8, 4) is 0 Å². The van der Waals surface area contributed by atoms with Gasteiger partial charge in [-0.15, -0.1) is 0 Å². The number of amides is 1. The second-order valence-electron chi connectivity index (χ2n) is 5.59. The lowest BCUT2D eigenvalue weighted by molar-refractivity contribution is -0.147. The molecular weight excluding hydrogens is 254 g/mol. The maximum Gasteiger partial charge on any atom is 0.308 e. The predicted octanol–water partition coefficient (Wildman–Crippen LogP) is 2.85. The van der Waals surface area contributed by atoms with Crippen LogP contribution < -0.4 is 0 Å². The summed E-state index contributed by atoms with van der Waals surface area (Å²) in [5.74, 6) is -1.30. The quantitative estimate of drug-likeness (QED) is 0.922. The number of aliphatic carboxylic acids is 1. The van der Waals surface area contributed by atoms with Crippen molar-refractivity contribution < 1.29 is 14.7 Å². The van der Waals surface area contributed by atoms with Gasteiger partial charge < -0.3 is 10.0 Å². The number of carbonyl (C=O) groups is 2. The van der Waals surface area contributed by atoms with Crippen molar-refractivity contribution in [2.45, 2.75) is 45.2 Å². The zero-order valence-corrected chi connectivity index (χ0v) is 12.0. The van der Waals surface area contributed by atoms with Gasteiger partial charge in [-0.25, -0.2) is 0 Å². The van der Waals surface area contributed by atoms with E-state index in [2.05, 4.69) is 0 Å². The van der Waals surface area contributed by atoms with Gasteiger partial charge >= 0.3 is 5.97 Å². The summed E-state index contributed by atoms with van der Waals surface area (Å²) in [6, 6.07) is 9.13. The Hall–Kier alpha value is -1.84. The van der Waals surface area contributed by atoms with E-state index in [1.807, 2.05) is 44.2 Å². The van der Waals surface area contributed by atoms with Crippen LogP contribution in [-0.4, -0.2) is 27.9 Å². The Kier molecular flexibility index (Phi) is 4.42. The molecule has 0 spiro atoms. The van der Waals surface area contributed by atoms with Gasteiger partial charge in [0, 0.05) is 12.5 Å². The maximum atomic E-state index is 12.3. The Morgan fingerprint density at radius 1 is 1.30 bits per heavy atom. The zero-order valence-electron chi connectivity index (χ0n) is 12.0. The van der Waals surface area contributed by atoms with Crippen LogP contribution in [-0.2, 0) is 9.59 Å². The van der Waals surface area contributed by atoms with Crippen molar-refractivity contribution in [2.24, 2.45) is 5.92 Å². The van der Waals surface area contributed by atoms with E-state index >= 15 is 0 Å². The lowest BCUT2D eigenvalue weighted by atomic mass is 9.88. The lowest BCUT2D eigenvalue weighted by Crippen LogP contribution is -2.43. The first-order valence-corrected chi connectivity index (χ1v) is 7.11. The van der Waals surface area contributed by atoms with Gasteiger partial charge in [-0.3, -0.25) is 9.59 Å². The van der Waals surface area contributed by atoms with E-state index in [0.29, 0.717) is 19.3 Å². The number of carbonyl (C=O) groups excluding carboxylic acids is 1. The molecule has 20 heavy (non-hydrogen) atoms. The van der Waals surface area contributed by atoms with Gasteiger partial charge in [0.2, 0.25) is 5.91 Å². The van der Waals surface area contributed by atoms with E-state index in [1.54, 1.807) is 4.90 Å². The molecule has 1 aliphatic heterocycles. The zero-order chi connectivity index (χ0) is 14.7. The molecule has 4 nitrogen and oxygen atoms in total. The SMILES string of the molecule is CC(C)N1C(=O)CCCC(C(=O)O)C1c1ccccc1. The number of likely N-dealkylation sites (tertiary alicyclic amines) is 1. The minimum absolute atomic E-state index is 0.00680. The summed E-state index contributed by atoms with van der Waals surface area (Å²) in [7, 11) is 0. The Labute approximate surface area is 119 Å². The molecule has 0 aromatic heterocycles. The molecule has 0 radical (unpaired) electrons. The van der Waals surface area contributed by atoms with Crippen LogP contribution in [0.4, 0.5) is 0 Å². The smallest absolute Gasteiger partial charge is 0.308 e. The third kappa shape index (κ3) is 2.84. The average molecular weight is 275 g/mol. The Morgan fingerprint density at radius 2 is 1.95 bits per heavy atom. The number of hydrogen-bond donors (Lipinski definition) is 1. The Bertz CT molecular complexity index is 484. The highest BCUT2D eigenvalue weighted by Gasteiger charge is 2.39. The topological polar surface area (TPSA) is 57.6 Å². The van der Waals surface area contributed by atoms with E-state index in [4.69, 9.17) is 0 Å². The van der Waals surface area contributed by atoms with Gasteiger partial charge in [0.1, 0.15) is 0 Å². The van der Waals surface area contributed by atoms with Gasteiger partial charge in [-0.2, -0.15) is 0 Å². The number of carboxylic acids is 1. The van der Waals surface area contributed by atoms with Crippen LogP contribution in [0, 0.1) is 5.92 Å². The first-order chi connectivity index (χ1) is 9.52. The fraction of sp³-hybridized carbons (Fsp3) is 0.500. The molecule has 1 amide bonds. The molecule has 1 aromatic carbocycles. The highest BCUT2D eigenvalue weighted by Crippen LogP contribution is 2.37. The van der Waals surface area contributed by atoms with E-state index in [9.17, 15) is 14.7 Å². The van der Waals surface area contributed by atoms with Crippen LogP contribution in [0.3, 0.4) is 0 Å². The van der Waals surface area contributed by atoms with E-state index in [-0.39, 0.29) is 18.0 Å². The first kappa shape index (κ1) is 14.6. The summed E-state index contributed by atoms with van der Waals surface area (Å²) in [6.45, 7) is 3.89. The molecule has 0 saturated carbocycles. The second-order valence-corrected chi connectivity index (χ2v) is 5.59. The molecule has 2 rings (SSSR count). The van der Waals surface area contributed by atoms with Crippen molar-refractivity contribution >= 4 is 11.9 Å². The molecule has 1 aromatic rings. The molecule has 1 saturated heterocycles. The molecule has 4 heteroatoms. The van der Waals surface area contributed by atoms with Gasteiger partial charge in [0.15, 0.2) is 0 Å². The third-order valence-corrected chi connectivity index (χ3v) is 3.89. The van der Waals surface area contributed by atoms with Gasteiger partial charge in [-0.1, -0.05) is 30.3 Å². The summed E-state index contributed by atoms with van der Waals surface area (Å²) in [4.78, 5) is 25.7. The fourth-order valence-electron chi connectivity index (χ4n) is 3.02. The van der Waals surface area contributed by atoms with Crippen molar-refractivity contribution in [1.82, 2.24) is 4.90 Å². The van der Waals surface area contributed by atoms with E-state index in [0.717, 1.165) is 5.56 Å². The highest BCUT2D eigenvalue weighted by molar-refractivity contribution is 5.80. The predicted molar refractivity (Wildman–Crippen MR) is 76.1 cm³/mol. The molecule has 2 atom stereocenters. The number of nitrogens with zero attached hydrogens (tertiary/aromatic N) is 1. The molecule has 1 aliphatic rings. The summed E-state index contributed by atoms with van der Waals surface area (Å²) >= 11 is 0. The molecule has 1 fully saturated rings. The van der Waals surface area contributed by atoms with Crippen molar-refractivity contribution in [3.05, 3.63) is 35.9 Å². The highest BCUT2D eigenvalue weighted by atomic mass is 16.4. The van der Waals surface area contributed by atoms with Crippen molar-refractivity contribution in [2.75, 3.05) is 0 Å². The van der Waals surface area contributed by atoms with Gasteiger partial charge in [-0.05, 0) is 32.3 Å². The lowest BCUT2D eigenvalue weighted by Gasteiger charge is -2.36. The Balaban J connectivity index is 2.49. The monoisotopic (exact) mass is 275 g/mol. The minimum atomic E-state index is -0.820. The summed E-state index contributed by atoms with van der Waals surface area (Å²) < 4.78 is 0. The largest absolute Gasteiger partial charge is 0.481 e. The van der Waals surface area contributed by atoms with Crippen LogP contribution >= 0.6 is 0 Å². The van der Waals surface area contributed by atoms with Crippen LogP contribution in [0.15, 0.2) is 30.3 Å². The second kappa shape index (κ2) is 6.07. The summed E-state index contributed by atoms with van der Waals surface area (Å²) in [6.07, 6.45) is 1.62.